The number of hydrogen-bond acceptors (Lipinski definition) is 2. The van der Waals surface area contributed by atoms with Crippen LogP contribution in [-0.2, 0) is 4.79 Å². The molecule has 4 rings (SSSR count). The number of ketones is 1. The molecular formula is C18H29NO. The Morgan fingerprint density at radius 1 is 1.05 bits per heavy atom. The van der Waals surface area contributed by atoms with Crippen LogP contribution in [0.2, 0.25) is 0 Å². The lowest BCUT2D eigenvalue weighted by atomic mass is 9.48. The van der Waals surface area contributed by atoms with Crippen LogP contribution in [0.15, 0.2) is 0 Å². The molecule has 2 nitrogen and oxygen atoms in total. The molecule has 4 fully saturated rings. The van der Waals surface area contributed by atoms with Crippen LogP contribution in [0.25, 0.3) is 0 Å². The van der Waals surface area contributed by atoms with Crippen LogP contribution in [0.1, 0.15) is 65.2 Å². The van der Waals surface area contributed by atoms with Crippen molar-refractivity contribution in [1.82, 2.24) is 5.32 Å². The first-order valence-electron chi connectivity index (χ1n) is 8.82. The van der Waals surface area contributed by atoms with Crippen LogP contribution in [-0.4, -0.2) is 18.4 Å². The Bertz CT molecular complexity index is 433. The summed E-state index contributed by atoms with van der Waals surface area (Å²) in [5.41, 5.74) is 0.556. The average molecular weight is 275 g/mol. The van der Waals surface area contributed by atoms with Gasteiger partial charge in [0, 0.05) is 17.9 Å². The molecule has 112 valence electrons. The van der Waals surface area contributed by atoms with E-state index in [0.717, 1.165) is 24.3 Å². The van der Waals surface area contributed by atoms with E-state index in [-0.39, 0.29) is 5.41 Å². The third-order valence-corrected chi connectivity index (χ3v) is 7.86. The second kappa shape index (κ2) is 4.32. The Morgan fingerprint density at radius 2 is 1.90 bits per heavy atom. The highest BCUT2D eigenvalue weighted by Gasteiger charge is 2.59. The molecule has 3 aliphatic carbocycles. The molecule has 0 amide bonds. The summed E-state index contributed by atoms with van der Waals surface area (Å²) in [5.74, 6) is 2.99. The number of carbonyl (C=O) groups is 1. The van der Waals surface area contributed by atoms with E-state index in [1.165, 1.54) is 51.5 Å². The zero-order valence-electron chi connectivity index (χ0n) is 13.1. The van der Waals surface area contributed by atoms with Crippen LogP contribution < -0.4 is 5.32 Å². The third-order valence-electron chi connectivity index (χ3n) is 7.86. The zero-order valence-corrected chi connectivity index (χ0v) is 13.1. The first-order chi connectivity index (χ1) is 9.56. The van der Waals surface area contributed by atoms with E-state index in [1.54, 1.807) is 0 Å². The van der Waals surface area contributed by atoms with Crippen LogP contribution in [0.3, 0.4) is 0 Å². The van der Waals surface area contributed by atoms with Crippen molar-refractivity contribution in [2.75, 3.05) is 6.54 Å². The molecule has 1 aliphatic heterocycles. The van der Waals surface area contributed by atoms with Gasteiger partial charge in [0.15, 0.2) is 0 Å². The molecule has 0 unspecified atom stereocenters. The minimum Gasteiger partial charge on any atom is -0.313 e. The summed E-state index contributed by atoms with van der Waals surface area (Å²) in [7, 11) is 0. The molecule has 0 aromatic heterocycles. The number of fused-ring (bicyclic) bond motifs is 5. The topological polar surface area (TPSA) is 29.1 Å². The molecule has 3 saturated carbocycles. The number of Topliss-reactive ketones (excluding diaryl/α,β-unsaturated/α-hetero) is 1. The highest BCUT2D eigenvalue weighted by atomic mass is 16.1. The zero-order chi connectivity index (χ0) is 14.0. The van der Waals surface area contributed by atoms with Gasteiger partial charge < -0.3 is 5.32 Å². The maximum Gasteiger partial charge on any atom is 0.139 e. The van der Waals surface area contributed by atoms with Gasteiger partial charge in [0.05, 0.1) is 0 Å². The van der Waals surface area contributed by atoms with E-state index in [4.69, 9.17) is 0 Å². The molecule has 0 aromatic rings. The van der Waals surface area contributed by atoms with E-state index in [9.17, 15) is 4.79 Å². The number of piperidine rings is 1. The summed E-state index contributed by atoms with van der Waals surface area (Å²) < 4.78 is 0. The Morgan fingerprint density at radius 3 is 2.75 bits per heavy atom. The van der Waals surface area contributed by atoms with Crippen LogP contribution >= 0.6 is 0 Å². The Kier molecular flexibility index (Phi) is 2.87. The van der Waals surface area contributed by atoms with Gasteiger partial charge in [-0.1, -0.05) is 13.8 Å². The highest BCUT2D eigenvalue weighted by molar-refractivity contribution is 5.87. The van der Waals surface area contributed by atoms with E-state index in [2.05, 4.69) is 19.2 Å². The predicted molar refractivity (Wildman–Crippen MR) is 80.4 cm³/mol. The van der Waals surface area contributed by atoms with Gasteiger partial charge in [0.2, 0.25) is 0 Å². The summed E-state index contributed by atoms with van der Waals surface area (Å²) in [6, 6.07) is 0.749. The minimum atomic E-state index is 0.0481. The van der Waals surface area contributed by atoms with Crippen LogP contribution in [0, 0.1) is 28.6 Å². The van der Waals surface area contributed by atoms with E-state index in [1.807, 2.05) is 0 Å². The van der Waals surface area contributed by atoms with Crippen molar-refractivity contribution < 1.29 is 4.79 Å². The van der Waals surface area contributed by atoms with Gasteiger partial charge in [-0.05, 0) is 74.7 Å². The maximum absolute atomic E-state index is 12.4. The largest absolute Gasteiger partial charge is 0.313 e. The molecule has 1 saturated heterocycles. The monoisotopic (exact) mass is 275 g/mol. The normalized spacial score (nSPS) is 55.0. The Balaban J connectivity index is 1.66. The number of hydrogen-bond donors (Lipinski definition) is 1. The van der Waals surface area contributed by atoms with Crippen LogP contribution in [0.4, 0.5) is 0 Å². The van der Waals surface area contributed by atoms with E-state index < -0.39 is 0 Å². The molecule has 6 atom stereocenters. The van der Waals surface area contributed by atoms with Gasteiger partial charge >= 0.3 is 0 Å². The first-order valence-corrected chi connectivity index (χ1v) is 8.82. The van der Waals surface area contributed by atoms with Gasteiger partial charge in [-0.3, -0.25) is 4.79 Å². The fraction of sp³-hybridized carbons (Fsp3) is 0.944. The van der Waals surface area contributed by atoms with E-state index in [0.29, 0.717) is 17.1 Å². The molecule has 0 spiro atoms. The molecule has 0 radical (unpaired) electrons. The molecule has 2 heteroatoms. The lowest BCUT2D eigenvalue weighted by Gasteiger charge is -2.59. The van der Waals surface area contributed by atoms with Gasteiger partial charge in [-0.15, -0.1) is 0 Å². The average Bonchev–Trinajstić information content (AvgIpc) is 2.74. The Hall–Kier alpha value is -0.370. The quantitative estimate of drug-likeness (QED) is 0.732. The first kappa shape index (κ1) is 13.3. The lowest BCUT2D eigenvalue weighted by Crippen LogP contribution is -2.59. The van der Waals surface area contributed by atoms with Crippen molar-refractivity contribution in [2.45, 2.75) is 71.3 Å². The number of rotatable bonds is 0. The predicted octanol–water partition coefficient (Wildman–Crippen LogP) is 3.55. The van der Waals surface area contributed by atoms with Crippen molar-refractivity contribution >= 4 is 5.78 Å². The highest BCUT2D eigenvalue weighted by Crippen LogP contribution is 2.62. The SMILES string of the molecule is C[C@]12CCCN[C@@H]1CC[C@@H]1[C@@H]2CC[C@]2(C)C(=O)CC[C@@H]12. The summed E-state index contributed by atoms with van der Waals surface area (Å²) in [6.45, 7) is 6.06. The van der Waals surface area contributed by atoms with Gasteiger partial charge in [0.1, 0.15) is 5.78 Å². The molecule has 1 heterocycles. The standard InChI is InChI=1S/C18H29NO/c1-17-9-3-11-19-15(17)6-4-12-13-5-7-16(20)18(13,2)10-8-14(12)17/h12-15,19H,3-11H2,1-2H3/t12-,13-,14-,15+,17+,18-/m0/s1. The summed E-state index contributed by atoms with van der Waals surface area (Å²) in [6.07, 6.45) is 9.98. The number of nitrogens with one attached hydrogen (secondary N) is 1. The second-order valence-electron chi connectivity index (χ2n) is 8.49. The van der Waals surface area contributed by atoms with Crippen molar-refractivity contribution in [1.29, 1.82) is 0 Å². The van der Waals surface area contributed by atoms with Crippen molar-refractivity contribution in [3.05, 3.63) is 0 Å². The summed E-state index contributed by atoms with van der Waals surface area (Å²) >= 11 is 0. The molecule has 20 heavy (non-hydrogen) atoms. The third kappa shape index (κ3) is 1.58. The smallest absolute Gasteiger partial charge is 0.139 e. The minimum absolute atomic E-state index is 0.0481. The molecular weight excluding hydrogens is 246 g/mol. The molecule has 0 bridgehead atoms. The van der Waals surface area contributed by atoms with E-state index >= 15 is 0 Å². The Labute approximate surface area is 123 Å². The van der Waals surface area contributed by atoms with Gasteiger partial charge in [-0.25, -0.2) is 0 Å². The van der Waals surface area contributed by atoms with Gasteiger partial charge in [-0.2, -0.15) is 0 Å². The van der Waals surface area contributed by atoms with Crippen molar-refractivity contribution in [2.24, 2.45) is 28.6 Å². The second-order valence-corrected chi connectivity index (χ2v) is 8.49. The lowest BCUT2D eigenvalue weighted by molar-refractivity contribution is -0.135. The fourth-order valence-electron chi connectivity index (χ4n) is 6.67. The van der Waals surface area contributed by atoms with Crippen LogP contribution in [0.5, 0.6) is 0 Å². The molecule has 4 aliphatic rings. The van der Waals surface area contributed by atoms with Crippen molar-refractivity contribution in [3.63, 3.8) is 0 Å². The summed E-state index contributed by atoms with van der Waals surface area (Å²) in [4.78, 5) is 12.4. The van der Waals surface area contributed by atoms with Crippen molar-refractivity contribution in [3.8, 4) is 0 Å². The van der Waals surface area contributed by atoms with Gasteiger partial charge in [0.25, 0.3) is 0 Å². The fourth-order valence-corrected chi connectivity index (χ4v) is 6.67. The summed E-state index contributed by atoms with van der Waals surface area (Å²) in [5, 5.41) is 3.81. The molecule has 1 N–H and O–H groups in total. The number of carbonyl (C=O) groups excluding carboxylic acids is 1. The maximum atomic E-state index is 12.4. The molecule has 0 aromatic carbocycles.